The fourth-order valence-electron chi connectivity index (χ4n) is 4.93. The van der Waals surface area contributed by atoms with Crippen LogP contribution in [0.3, 0.4) is 0 Å². The van der Waals surface area contributed by atoms with Gasteiger partial charge in [-0.1, -0.05) is 60.0 Å². The molecule has 2 heteroatoms. The van der Waals surface area contributed by atoms with Crippen LogP contribution in [0.4, 0.5) is 0 Å². The number of aryl methyl sites for hydroxylation is 1. The van der Waals surface area contributed by atoms with E-state index in [9.17, 15) is 0 Å². The molecule has 23 heavy (non-hydrogen) atoms. The highest BCUT2D eigenvalue weighted by molar-refractivity contribution is 6.35. The van der Waals surface area contributed by atoms with E-state index in [0.717, 1.165) is 22.4 Å². The minimum absolute atomic E-state index is 0.597. The predicted molar refractivity (Wildman–Crippen MR) is 98.7 cm³/mol. The first-order chi connectivity index (χ1) is 11.2. The number of benzene rings is 2. The normalized spacial score (nSPS) is 27.0. The van der Waals surface area contributed by atoms with Crippen molar-refractivity contribution in [1.82, 2.24) is 0 Å². The lowest BCUT2D eigenvalue weighted by Gasteiger charge is -2.33. The Labute approximate surface area is 148 Å². The summed E-state index contributed by atoms with van der Waals surface area (Å²) in [6, 6.07) is 15.2. The third-order valence-electron chi connectivity index (χ3n) is 5.83. The largest absolute Gasteiger partial charge is 0.0843 e. The zero-order valence-electron chi connectivity index (χ0n) is 13.3. The first-order valence-electron chi connectivity index (χ1n) is 8.77. The van der Waals surface area contributed by atoms with E-state index in [1.807, 2.05) is 6.07 Å². The van der Waals surface area contributed by atoms with E-state index in [-0.39, 0.29) is 0 Å². The summed E-state index contributed by atoms with van der Waals surface area (Å²) in [6.07, 6.45) is 7.49. The van der Waals surface area contributed by atoms with Crippen LogP contribution in [-0.4, -0.2) is 0 Å². The molecule has 3 unspecified atom stereocenters. The van der Waals surface area contributed by atoms with Gasteiger partial charge in [-0.05, 0) is 78.7 Å². The predicted octanol–water partition coefficient (Wildman–Crippen LogP) is 7.00. The van der Waals surface area contributed by atoms with Gasteiger partial charge < -0.3 is 0 Å². The molecular formula is C21H22Cl2. The molecule has 120 valence electrons. The first kappa shape index (κ1) is 15.5. The molecule has 1 saturated carbocycles. The Morgan fingerprint density at radius 2 is 1.61 bits per heavy atom. The average Bonchev–Trinajstić information content (AvgIpc) is 2.98. The third-order valence-corrected chi connectivity index (χ3v) is 6.36. The Morgan fingerprint density at radius 3 is 2.43 bits per heavy atom. The van der Waals surface area contributed by atoms with Gasteiger partial charge in [-0.25, -0.2) is 0 Å². The third kappa shape index (κ3) is 2.92. The van der Waals surface area contributed by atoms with Crippen molar-refractivity contribution < 1.29 is 0 Å². The number of rotatable bonds is 1. The van der Waals surface area contributed by atoms with Crippen LogP contribution in [0.2, 0.25) is 10.0 Å². The molecule has 4 rings (SSSR count). The van der Waals surface area contributed by atoms with Crippen molar-refractivity contribution in [2.24, 2.45) is 5.92 Å². The van der Waals surface area contributed by atoms with Crippen molar-refractivity contribution in [3.8, 4) is 0 Å². The summed E-state index contributed by atoms with van der Waals surface area (Å²) in [4.78, 5) is 0. The van der Waals surface area contributed by atoms with Crippen LogP contribution >= 0.6 is 23.2 Å². The Bertz CT molecular complexity index is 692. The summed E-state index contributed by atoms with van der Waals surface area (Å²) >= 11 is 12.9. The topological polar surface area (TPSA) is 0 Å². The summed E-state index contributed by atoms with van der Waals surface area (Å²) in [5, 5.41) is 1.67. The Hall–Kier alpha value is -0.980. The molecule has 0 amide bonds. The molecular weight excluding hydrogens is 323 g/mol. The second kappa shape index (κ2) is 6.49. The van der Waals surface area contributed by atoms with Crippen molar-refractivity contribution in [2.45, 2.75) is 50.4 Å². The zero-order chi connectivity index (χ0) is 15.8. The van der Waals surface area contributed by atoms with E-state index in [4.69, 9.17) is 23.2 Å². The van der Waals surface area contributed by atoms with Gasteiger partial charge in [0.1, 0.15) is 0 Å². The summed E-state index contributed by atoms with van der Waals surface area (Å²) in [5.74, 6) is 1.99. The summed E-state index contributed by atoms with van der Waals surface area (Å²) in [6.45, 7) is 0. The van der Waals surface area contributed by atoms with Gasteiger partial charge in [-0.3, -0.25) is 0 Å². The maximum Gasteiger partial charge on any atom is 0.0458 e. The van der Waals surface area contributed by atoms with Gasteiger partial charge in [-0.2, -0.15) is 0 Å². The minimum Gasteiger partial charge on any atom is -0.0843 e. The fraction of sp³-hybridized carbons (Fsp3) is 0.429. The molecule has 1 fully saturated rings. The van der Waals surface area contributed by atoms with E-state index >= 15 is 0 Å². The second-order valence-corrected chi connectivity index (χ2v) is 7.91. The monoisotopic (exact) mass is 344 g/mol. The summed E-state index contributed by atoms with van der Waals surface area (Å²) in [5.41, 5.74) is 4.31. The molecule has 0 nitrogen and oxygen atoms in total. The average molecular weight is 345 g/mol. The number of hydrogen-bond donors (Lipinski definition) is 0. The Morgan fingerprint density at radius 1 is 0.826 bits per heavy atom. The van der Waals surface area contributed by atoms with Crippen LogP contribution in [-0.2, 0) is 6.42 Å². The SMILES string of the molecule is Clc1cc(Cl)c2c(c1)CCCC(c1ccccc1)C1CCCC21. The Kier molecular flexibility index (Phi) is 4.39. The molecule has 2 aromatic rings. The van der Waals surface area contributed by atoms with Crippen LogP contribution in [0.5, 0.6) is 0 Å². The van der Waals surface area contributed by atoms with Crippen LogP contribution in [0.15, 0.2) is 42.5 Å². The van der Waals surface area contributed by atoms with Gasteiger partial charge in [0.05, 0.1) is 0 Å². The molecule has 0 heterocycles. The lowest BCUT2D eigenvalue weighted by Crippen LogP contribution is -2.20. The van der Waals surface area contributed by atoms with Gasteiger partial charge >= 0.3 is 0 Å². The van der Waals surface area contributed by atoms with Crippen LogP contribution < -0.4 is 0 Å². The Balaban J connectivity index is 1.78. The molecule has 0 N–H and O–H groups in total. The molecule has 2 aromatic carbocycles. The van der Waals surface area contributed by atoms with Gasteiger partial charge in [0.15, 0.2) is 0 Å². The van der Waals surface area contributed by atoms with Gasteiger partial charge in [0, 0.05) is 10.0 Å². The highest BCUT2D eigenvalue weighted by Gasteiger charge is 2.38. The molecule has 0 saturated heterocycles. The van der Waals surface area contributed by atoms with Crippen molar-refractivity contribution >= 4 is 23.2 Å². The first-order valence-corrected chi connectivity index (χ1v) is 9.52. The zero-order valence-corrected chi connectivity index (χ0v) is 14.8. The lowest BCUT2D eigenvalue weighted by molar-refractivity contribution is 0.357. The van der Waals surface area contributed by atoms with Gasteiger partial charge in [-0.15, -0.1) is 0 Å². The maximum absolute atomic E-state index is 6.65. The van der Waals surface area contributed by atoms with Crippen LogP contribution in [0, 0.1) is 5.92 Å². The minimum atomic E-state index is 0.597. The molecule has 0 aromatic heterocycles. The van der Waals surface area contributed by atoms with Crippen molar-refractivity contribution in [1.29, 1.82) is 0 Å². The van der Waals surface area contributed by atoms with E-state index in [1.54, 1.807) is 0 Å². The van der Waals surface area contributed by atoms with Gasteiger partial charge in [0.25, 0.3) is 0 Å². The highest BCUT2D eigenvalue weighted by atomic mass is 35.5. The summed E-state index contributed by atoms with van der Waals surface area (Å²) < 4.78 is 0. The standard InChI is InChI=1S/C21H22Cl2/c22-16-12-15-8-4-9-17(14-6-2-1-3-7-14)18-10-5-11-19(18)21(15)20(23)13-16/h1-3,6-7,12-13,17-19H,4-5,8-11H2. The van der Waals surface area contributed by atoms with Crippen molar-refractivity contribution in [3.05, 3.63) is 69.2 Å². The number of hydrogen-bond acceptors (Lipinski definition) is 0. The molecule has 0 radical (unpaired) electrons. The van der Waals surface area contributed by atoms with Gasteiger partial charge in [0.2, 0.25) is 0 Å². The molecule has 0 spiro atoms. The van der Waals surface area contributed by atoms with E-state index in [1.165, 1.54) is 48.8 Å². The smallest absolute Gasteiger partial charge is 0.0458 e. The van der Waals surface area contributed by atoms with Crippen molar-refractivity contribution in [3.63, 3.8) is 0 Å². The molecule has 2 aliphatic carbocycles. The number of halogens is 2. The van der Waals surface area contributed by atoms with Crippen LogP contribution in [0.25, 0.3) is 0 Å². The second-order valence-electron chi connectivity index (χ2n) is 7.07. The molecule has 0 aliphatic heterocycles. The van der Waals surface area contributed by atoms with E-state index in [2.05, 4.69) is 36.4 Å². The van der Waals surface area contributed by atoms with Crippen LogP contribution in [0.1, 0.15) is 60.6 Å². The quantitative estimate of drug-likeness (QED) is 0.522. The molecule has 0 bridgehead atoms. The van der Waals surface area contributed by atoms with E-state index < -0.39 is 0 Å². The number of fused-ring (bicyclic) bond motifs is 3. The van der Waals surface area contributed by atoms with Crippen molar-refractivity contribution in [2.75, 3.05) is 0 Å². The highest BCUT2D eigenvalue weighted by Crippen LogP contribution is 2.52. The molecule has 3 atom stereocenters. The lowest BCUT2D eigenvalue weighted by atomic mass is 9.71. The maximum atomic E-state index is 6.65. The van der Waals surface area contributed by atoms with E-state index in [0.29, 0.717) is 11.8 Å². The molecule has 2 aliphatic rings. The fourth-order valence-corrected chi connectivity index (χ4v) is 5.61. The summed E-state index contributed by atoms with van der Waals surface area (Å²) in [7, 11) is 0.